The zero-order valence-electron chi connectivity index (χ0n) is 12.2. The number of nitro groups is 1. The highest BCUT2D eigenvalue weighted by molar-refractivity contribution is 5.59. The second-order valence-corrected chi connectivity index (χ2v) is 6.07. The van der Waals surface area contributed by atoms with Gasteiger partial charge in [0.15, 0.2) is 0 Å². The van der Waals surface area contributed by atoms with Crippen molar-refractivity contribution in [3.63, 3.8) is 0 Å². The highest BCUT2D eigenvalue weighted by atomic mass is 16.6. The lowest BCUT2D eigenvalue weighted by Gasteiger charge is -2.23. The highest BCUT2D eigenvalue weighted by Crippen LogP contribution is 2.25. The van der Waals surface area contributed by atoms with Crippen LogP contribution in [0, 0.1) is 10.1 Å². The van der Waals surface area contributed by atoms with Crippen molar-refractivity contribution >= 4 is 11.4 Å². The van der Waals surface area contributed by atoms with Crippen LogP contribution in [0.25, 0.3) is 0 Å². The lowest BCUT2D eigenvalue weighted by molar-refractivity contribution is -0.384. The molecule has 2 heterocycles. The molecule has 2 aliphatic heterocycles. The van der Waals surface area contributed by atoms with Crippen LogP contribution in [0.4, 0.5) is 11.4 Å². The van der Waals surface area contributed by atoms with E-state index in [2.05, 4.69) is 9.80 Å². The minimum atomic E-state index is -0.407. The van der Waals surface area contributed by atoms with Crippen molar-refractivity contribution in [2.75, 3.05) is 31.9 Å². The molecule has 0 aliphatic carbocycles. The fourth-order valence-corrected chi connectivity index (χ4v) is 3.46. The summed E-state index contributed by atoms with van der Waals surface area (Å²) in [6.45, 7) is 5.36. The molecular weight excluding hydrogens is 268 g/mol. The average Bonchev–Trinajstić information content (AvgIpc) is 3.11. The van der Waals surface area contributed by atoms with E-state index >= 15 is 0 Å². The Morgan fingerprint density at radius 1 is 1.29 bits per heavy atom. The number of benzene rings is 1. The zero-order chi connectivity index (χ0) is 14.8. The van der Waals surface area contributed by atoms with Crippen LogP contribution in [-0.2, 0) is 6.54 Å². The van der Waals surface area contributed by atoms with E-state index in [0.29, 0.717) is 6.04 Å². The molecular formula is C15H22N4O2. The van der Waals surface area contributed by atoms with Crippen LogP contribution in [0.5, 0.6) is 0 Å². The van der Waals surface area contributed by atoms with Gasteiger partial charge in [-0.05, 0) is 44.0 Å². The first-order valence-corrected chi connectivity index (χ1v) is 7.62. The van der Waals surface area contributed by atoms with Gasteiger partial charge in [0.1, 0.15) is 5.69 Å². The van der Waals surface area contributed by atoms with Crippen LogP contribution in [0.1, 0.15) is 24.8 Å². The monoisotopic (exact) mass is 290 g/mol. The van der Waals surface area contributed by atoms with E-state index in [1.807, 2.05) is 6.07 Å². The van der Waals surface area contributed by atoms with E-state index in [1.165, 1.54) is 32.4 Å². The molecule has 21 heavy (non-hydrogen) atoms. The third kappa shape index (κ3) is 3.16. The van der Waals surface area contributed by atoms with E-state index < -0.39 is 4.92 Å². The Morgan fingerprint density at radius 3 is 2.76 bits per heavy atom. The Bertz CT molecular complexity index is 528. The summed E-state index contributed by atoms with van der Waals surface area (Å²) in [4.78, 5) is 15.5. The SMILES string of the molecule is Nc1ccc(CN2CCC(N3CCCC3)C2)cc1[N+](=O)[O-]. The zero-order valence-corrected chi connectivity index (χ0v) is 12.2. The molecule has 1 unspecified atom stereocenters. The van der Waals surface area contributed by atoms with Crippen molar-refractivity contribution in [1.82, 2.24) is 9.80 Å². The second-order valence-electron chi connectivity index (χ2n) is 6.07. The molecule has 6 nitrogen and oxygen atoms in total. The van der Waals surface area contributed by atoms with Crippen LogP contribution in [0.15, 0.2) is 18.2 Å². The number of rotatable bonds is 4. The van der Waals surface area contributed by atoms with Crippen molar-refractivity contribution in [2.45, 2.75) is 31.8 Å². The van der Waals surface area contributed by atoms with Gasteiger partial charge in [0.05, 0.1) is 4.92 Å². The first-order valence-electron chi connectivity index (χ1n) is 7.62. The fraction of sp³-hybridized carbons (Fsp3) is 0.600. The second kappa shape index (κ2) is 5.99. The quantitative estimate of drug-likeness (QED) is 0.520. The summed E-state index contributed by atoms with van der Waals surface area (Å²) in [5.74, 6) is 0. The minimum Gasteiger partial charge on any atom is -0.393 e. The van der Waals surface area contributed by atoms with E-state index in [1.54, 1.807) is 12.1 Å². The van der Waals surface area contributed by atoms with E-state index in [4.69, 9.17) is 5.73 Å². The number of nitrogens with two attached hydrogens (primary N) is 1. The minimum absolute atomic E-state index is 0.0165. The first kappa shape index (κ1) is 14.3. The number of nitrogens with zero attached hydrogens (tertiary/aromatic N) is 3. The third-order valence-corrected chi connectivity index (χ3v) is 4.60. The van der Waals surface area contributed by atoms with Crippen LogP contribution >= 0.6 is 0 Å². The van der Waals surface area contributed by atoms with Crippen LogP contribution < -0.4 is 5.73 Å². The van der Waals surface area contributed by atoms with Crippen LogP contribution in [-0.4, -0.2) is 46.9 Å². The lowest BCUT2D eigenvalue weighted by Crippen LogP contribution is -2.35. The maximum atomic E-state index is 10.9. The Morgan fingerprint density at radius 2 is 2.05 bits per heavy atom. The number of hydrogen-bond donors (Lipinski definition) is 1. The molecule has 1 atom stereocenters. The number of nitro benzene ring substituents is 1. The van der Waals surface area contributed by atoms with Gasteiger partial charge in [-0.25, -0.2) is 0 Å². The summed E-state index contributed by atoms with van der Waals surface area (Å²) in [6.07, 6.45) is 3.85. The molecule has 0 spiro atoms. The van der Waals surface area contributed by atoms with Gasteiger partial charge in [-0.3, -0.25) is 19.9 Å². The maximum Gasteiger partial charge on any atom is 0.292 e. The molecule has 1 aromatic carbocycles. The smallest absolute Gasteiger partial charge is 0.292 e. The molecule has 0 aromatic heterocycles. The number of hydrogen-bond acceptors (Lipinski definition) is 5. The topological polar surface area (TPSA) is 75.6 Å². The van der Waals surface area contributed by atoms with Crippen molar-refractivity contribution in [2.24, 2.45) is 0 Å². The van der Waals surface area contributed by atoms with Gasteiger partial charge < -0.3 is 5.73 Å². The predicted molar refractivity (Wildman–Crippen MR) is 82.0 cm³/mol. The standard InChI is InChI=1S/C15H22N4O2/c16-14-4-3-12(9-15(14)19(20)21)10-17-8-5-13(11-17)18-6-1-2-7-18/h3-4,9,13H,1-2,5-8,10-11,16H2. The van der Waals surface area contributed by atoms with E-state index in [0.717, 1.165) is 25.2 Å². The van der Waals surface area contributed by atoms with Gasteiger partial charge >= 0.3 is 0 Å². The molecule has 2 aliphatic rings. The molecule has 0 saturated carbocycles. The van der Waals surface area contributed by atoms with Gasteiger partial charge in [0, 0.05) is 31.7 Å². The normalized spacial score (nSPS) is 23.7. The summed E-state index contributed by atoms with van der Waals surface area (Å²) >= 11 is 0. The molecule has 0 amide bonds. The molecule has 0 bridgehead atoms. The highest BCUT2D eigenvalue weighted by Gasteiger charge is 2.29. The van der Waals surface area contributed by atoms with Crippen molar-refractivity contribution in [3.05, 3.63) is 33.9 Å². The summed E-state index contributed by atoms with van der Waals surface area (Å²) in [6, 6.07) is 5.81. The van der Waals surface area contributed by atoms with Gasteiger partial charge in [-0.2, -0.15) is 0 Å². The fourth-order valence-electron chi connectivity index (χ4n) is 3.46. The Balaban J connectivity index is 1.62. The molecule has 6 heteroatoms. The van der Waals surface area contributed by atoms with Gasteiger partial charge in [-0.1, -0.05) is 6.07 Å². The predicted octanol–water partition coefficient (Wildman–Crippen LogP) is 1.85. The third-order valence-electron chi connectivity index (χ3n) is 4.60. The molecule has 114 valence electrons. The van der Waals surface area contributed by atoms with E-state index in [9.17, 15) is 10.1 Å². The average molecular weight is 290 g/mol. The molecule has 2 N–H and O–H groups in total. The van der Waals surface area contributed by atoms with E-state index in [-0.39, 0.29) is 11.4 Å². The Kier molecular flexibility index (Phi) is 4.07. The molecule has 0 radical (unpaired) electrons. The molecule has 1 aromatic rings. The van der Waals surface area contributed by atoms with Gasteiger partial charge in [0.2, 0.25) is 0 Å². The number of anilines is 1. The molecule has 2 saturated heterocycles. The maximum absolute atomic E-state index is 10.9. The van der Waals surface area contributed by atoms with Crippen LogP contribution in [0.3, 0.4) is 0 Å². The number of nitrogen functional groups attached to an aromatic ring is 1. The summed E-state index contributed by atoms with van der Waals surface area (Å²) < 4.78 is 0. The molecule has 3 rings (SSSR count). The summed E-state index contributed by atoms with van der Waals surface area (Å²) in [7, 11) is 0. The Labute approximate surface area is 124 Å². The Hall–Kier alpha value is -1.66. The largest absolute Gasteiger partial charge is 0.393 e. The van der Waals surface area contributed by atoms with Crippen LogP contribution in [0.2, 0.25) is 0 Å². The van der Waals surface area contributed by atoms with Gasteiger partial charge in [-0.15, -0.1) is 0 Å². The molecule has 2 fully saturated rings. The van der Waals surface area contributed by atoms with Gasteiger partial charge in [0.25, 0.3) is 5.69 Å². The van der Waals surface area contributed by atoms with Crippen molar-refractivity contribution in [3.8, 4) is 0 Å². The lowest BCUT2D eigenvalue weighted by atomic mass is 10.1. The first-order chi connectivity index (χ1) is 10.1. The van der Waals surface area contributed by atoms with Crippen molar-refractivity contribution in [1.29, 1.82) is 0 Å². The number of likely N-dealkylation sites (tertiary alicyclic amines) is 2. The van der Waals surface area contributed by atoms with Crippen molar-refractivity contribution < 1.29 is 4.92 Å². The summed E-state index contributed by atoms with van der Waals surface area (Å²) in [5.41, 5.74) is 6.86. The summed E-state index contributed by atoms with van der Waals surface area (Å²) in [5, 5.41) is 10.9.